The van der Waals surface area contributed by atoms with Crippen molar-refractivity contribution in [2.75, 3.05) is 31.2 Å². The number of benzene rings is 1. The molecule has 0 aliphatic heterocycles. The summed E-state index contributed by atoms with van der Waals surface area (Å²) in [6, 6.07) is 3.51. The zero-order chi connectivity index (χ0) is 14.3. The van der Waals surface area contributed by atoms with Crippen molar-refractivity contribution in [1.82, 2.24) is 0 Å². The molecule has 1 aromatic carbocycles. The number of hydrogen-bond donors (Lipinski definition) is 0. The van der Waals surface area contributed by atoms with Crippen LogP contribution in [-0.4, -0.2) is 26.3 Å². The monoisotopic (exact) mass is 299 g/mol. The molecule has 0 saturated heterocycles. The van der Waals surface area contributed by atoms with Crippen LogP contribution in [0.3, 0.4) is 0 Å². The van der Waals surface area contributed by atoms with E-state index < -0.39 is 0 Å². The first-order valence-corrected chi connectivity index (χ1v) is 6.75. The predicted octanol–water partition coefficient (Wildman–Crippen LogP) is 0.819. The van der Waals surface area contributed by atoms with E-state index in [2.05, 4.69) is 9.88 Å². The highest BCUT2D eigenvalue weighted by atomic mass is 35.5. The molecule has 0 amide bonds. The number of rotatable bonds is 7. The SMILES string of the molecule is CCOc1ccc([N+]#N)c(N(CC)CC)c1OCC.[Cl-]. The maximum absolute atomic E-state index is 9.17. The molecule has 0 fully saturated rings. The van der Waals surface area contributed by atoms with Crippen molar-refractivity contribution in [3.05, 3.63) is 17.1 Å². The molecule has 0 aliphatic carbocycles. The molecule has 6 heteroatoms. The number of diazo groups is 1. The van der Waals surface area contributed by atoms with Gasteiger partial charge in [-0.3, -0.25) is 0 Å². The Hall–Kier alpha value is -1.67. The van der Waals surface area contributed by atoms with Crippen LogP contribution in [0.25, 0.3) is 4.98 Å². The lowest BCUT2D eigenvalue weighted by Crippen LogP contribution is -3.00. The molecule has 112 valence electrons. The molecule has 0 saturated carbocycles. The van der Waals surface area contributed by atoms with Gasteiger partial charge in [-0.2, -0.15) is 0 Å². The van der Waals surface area contributed by atoms with Crippen LogP contribution >= 0.6 is 0 Å². The van der Waals surface area contributed by atoms with E-state index >= 15 is 0 Å². The normalized spacial score (nSPS) is 9.35. The van der Waals surface area contributed by atoms with Crippen molar-refractivity contribution in [3.8, 4) is 11.5 Å². The Bertz CT molecular complexity index is 456. The summed E-state index contributed by atoms with van der Waals surface area (Å²) in [7, 11) is 0. The Morgan fingerprint density at radius 3 is 2.10 bits per heavy atom. The summed E-state index contributed by atoms with van der Waals surface area (Å²) in [6.45, 7) is 10.6. The average Bonchev–Trinajstić information content (AvgIpc) is 2.43. The van der Waals surface area contributed by atoms with E-state index in [1.807, 2.05) is 27.7 Å². The third-order valence-electron chi connectivity index (χ3n) is 2.85. The molecule has 5 nitrogen and oxygen atoms in total. The second kappa shape index (κ2) is 9.27. The quantitative estimate of drug-likeness (QED) is 0.700. The lowest BCUT2D eigenvalue weighted by atomic mass is 10.2. The van der Waals surface area contributed by atoms with Crippen LogP contribution in [-0.2, 0) is 0 Å². The lowest BCUT2D eigenvalue weighted by Gasteiger charge is -2.23. The number of anilines is 1. The molecule has 0 spiro atoms. The molecule has 0 bridgehead atoms. The van der Waals surface area contributed by atoms with E-state index in [9.17, 15) is 5.39 Å². The van der Waals surface area contributed by atoms with E-state index in [-0.39, 0.29) is 12.4 Å². The van der Waals surface area contributed by atoms with Gasteiger partial charge in [0.1, 0.15) is 0 Å². The molecule has 0 heterocycles. The number of halogens is 1. The fourth-order valence-electron chi connectivity index (χ4n) is 2.02. The van der Waals surface area contributed by atoms with Gasteiger partial charge in [0.15, 0.2) is 22.2 Å². The van der Waals surface area contributed by atoms with Gasteiger partial charge in [-0.05, 0) is 33.8 Å². The molecule has 0 N–H and O–H groups in total. The second-order valence-electron chi connectivity index (χ2n) is 3.90. The maximum atomic E-state index is 9.17. The van der Waals surface area contributed by atoms with Gasteiger partial charge in [0, 0.05) is 19.2 Å². The van der Waals surface area contributed by atoms with Crippen molar-refractivity contribution < 1.29 is 21.9 Å². The van der Waals surface area contributed by atoms with E-state index in [0.717, 1.165) is 18.8 Å². The molecular formula is C14H22ClN3O2. The molecule has 0 aliphatic rings. The summed E-state index contributed by atoms with van der Waals surface area (Å²) in [6.07, 6.45) is 0. The highest BCUT2D eigenvalue weighted by Crippen LogP contribution is 2.44. The Balaban J connectivity index is 0.00000361. The molecule has 0 unspecified atom stereocenters. The first-order valence-electron chi connectivity index (χ1n) is 6.75. The molecule has 0 radical (unpaired) electrons. The third-order valence-corrected chi connectivity index (χ3v) is 2.85. The van der Waals surface area contributed by atoms with Crippen LogP contribution in [0.5, 0.6) is 11.5 Å². The van der Waals surface area contributed by atoms with Gasteiger partial charge in [-0.1, -0.05) is 0 Å². The van der Waals surface area contributed by atoms with Crippen LogP contribution in [0.2, 0.25) is 0 Å². The summed E-state index contributed by atoms with van der Waals surface area (Å²) >= 11 is 0. The van der Waals surface area contributed by atoms with Gasteiger partial charge in [-0.15, -0.1) is 0 Å². The first-order chi connectivity index (χ1) is 9.23. The maximum Gasteiger partial charge on any atom is 0.412 e. The Morgan fingerprint density at radius 1 is 1.05 bits per heavy atom. The summed E-state index contributed by atoms with van der Waals surface area (Å²) in [4.78, 5) is 5.44. The van der Waals surface area contributed by atoms with Crippen molar-refractivity contribution in [2.24, 2.45) is 0 Å². The molecule has 1 aromatic rings. The highest BCUT2D eigenvalue weighted by molar-refractivity contribution is 5.80. The Morgan fingerprint density at radius 2 is 1.65 bits per heavy atom. The van der Waals surface area contributed by atoms with Crippen LogP contribution in [0.4, 0.5) is 11.4 Å². The summed E-state index contributed by atoms with van der Waals surface area (Å²) in [5.74, 6) is 1.32. The van der Waals surface area contributed by atoms with E-state index in [0.29, 0.717) is 30.4 Å². The first kappa shape index (κ1) is 18.3. The minimum atomic E-state index is 0. The Labute approximate surface area is 126 Å². The van der Waals surface area contributed by atoms with Crippen molar-refractivity contribution in [2.45, 2.75) is 27.7 Å². The minimum Gasteiger partial charge on any atom is -1.00 e. The smallest absolute Gasteiger partial charge is 0.412 e. The minimum absolute atomic E-state index is 0. The Kier molecular flexibility index (Phi) is 8.49. The molecular weight excluding hydrogens is 278 g/mol. The zero-order valence-electron chi connectivity index (χ0n) is 12.5. The van der Waals surface area contributed by atoms with Crippen molar-refractivity contribution >= 4 is 11.4 Å². The molecule has 1 rings (SSSR count). The molecule has 0 atom stereocenters. The zero-order valence-corrected chi connectivity index (χ0v) is 13.3. The van der Waals surface area contributed by atoms with Gasteiger partial charge in [-0.25, -0.2) is 0 Å². The van der Waals surface area contributed by atoms with Crippen LogP contribution in [0.1, 0.15) is 27.7 Å². The summed E-state index contributed by atoms with van der Waals surface area (Å²) in [5.41, 5.74) is 1.27. The highest BCUT2D eigenvalue weighted by Gasteiger charge is 2.27. The van der Waals surface area contributed by atoms with Crippen LogP contribution in [0, 0.1) is 5.39 Å². The van der Waals surface area contributed by atoms with Crippen LogP contribution in [0.15, 0.2) is 12.1 Å². The number of nitrogens with zero attached hydrogens (tertiary/aromatic N) is 3. The average molecular weight is 300 g/mol. The van der Waals surface area contributed by atoms with E-state index in [1.54, 1.807) is 12.1 Å². The largest absolute Gasteiger partial charge is 1.00 e. The van der Waals surface area contributed by atoms with E-state index in [4.69, 9.17) is 9.47 Å². The second-order valence-corrected chi connectivity index (χ2v) is 3.90. The van der Waals surface area contributed by atoms with Gasteiger partial charge in [0.2, 0.25) is 5.39 Å². The summed E-state index contributed by atoms with van der Waals surface area (Å²) < 4.78 is 11.3. The lowest BCUT2D eigenvalue weighted by molar-refractivity contribution is -0.00000520. The third kappa shape index (κ3) is 3.91. The van der Waals surface area contributed by atoms with Gasteiger partial charge in [0.05, 0.1) is 13.2 Å². The topological polar surface area (TPSA) is 49.8 Å². The fourth-order valence-corrected chi connectivity index (χ4v) is 2.02. The van der Waals surface area contributed by atoms with Gasteiger partial charge >= 0.3 is 5.69 Å². The number of ether oxygens (including phenoxy) is 2. The van der Waals surface area contributed by atoms with Gasteiger partial charge in [0.25, 0.3) is 0 Å². The van der Waals surface area contributed by atoms with Crippen molar-refractivity contribution in [3.63, 3.8) is 0 Å². The molecule has 0 aromatic heterocycles. The molecule has 20 heavy (non-hydrogen) atoms. The standard InChI is InChI=1S/C14H22N3O2.ClH/c1-5-17(6-2)13-11(16-15)9-10-12(18-7-3)14(13)19-8-4;/h9-10H,5-8H2,1-4H3;1H/q+1;/p-1. The van der Waals surface area contributed by atoms with Gasteiger partial charge < -0.3 is 26.8 Å². The fraction of sp³-hybridized carbons (Fsp3) is 0.571. The summed E-state index contributed by atoms with van der Waals surface area (Å²) in [5, 5.41) is 9.17. The van der Waals surface area contributed by atoms with Crippen molar-refractivity contribution in [1.29, 1.82) is 5.39 Å². The van der Waals surface area contributed by atoms with Crippen LogP contribution < -0.4 is 26.8 Å². The predicted molar refractivity (Wildman–Crippen MR) is 77.1 cm³/mol. The van der Waals surface area contributed by atoms with E-state index in [1.165, 1.54) is 0 Å². The number of hydrogen-bond acceptors (Lipinski definition) is 4.